The van der Waals surface area contributed by atoms with E-state index in [0.29, 0.717) is 16.2 Å². The molecular weight excluding hydrogens is 168 g/mol. The van der Waals surface area contributed by atoms with Crippen LogP contribution in [-0.2, 0) is 0 Å². The van der Waals surface area contributed by atoms with Crippen molar-refractivity contribution < 1.29 is 0 Å². The molecule has 0 aromatic carbocycles. The van der Waals surface area contributed by atoms with E-state index in [1.807, 2.05) is 0 Å². The number of rotatable bonds is 0. The van der Waals surface area contributed by atoms with Crippen LogP contribution in [0, 0.1) is 28.1 Å². The van der Waals surface area contributed by atoms with E-state index >= 15 is 0 Å². The molecule has 0 nitrogen and oxygen atoms in total. The van der Waals surface area contributed by atoms with Crippen molar-refractivity contribution in [1.82, 2.24) is 0 Å². The van der Waals surface area contributed by atoms with Crippen LogP contribution in [0.5, 0.6) is 0 Å². The minimum atomic E-state index is 0.577. The smallest absolute Gasteiger partial charge is 0.0246 e. The van der Waals surface area contributed by atoms with Crippen molar-refractivity contribution >= 4 is 0 Å². The molecule has 4 saturated carbocycles. The van der Waals surface area contributed by atoms with Gasteiger partial charge in [-0.3, -0.25) is 0 Å². The van der Waals surface area contributed by atoms with E-state index < -0.39 is 0 Å². The van der Waals surface area contributed by atoms with E-state index in [2.05, 4.69) is 27.7 Å². The second kappa shape index (κ2) is 2.23. The molecule has 0 heterocycles. The summed E-state index contributed by atoms with van der Waals surface area (Å²) in [5, 5.41) is 0. The van der Waals surface area contributed by atoms with Gasteiger partial charge in [0, 0.05) is 0 Å². The quantitative estimate of drug-likeness (QED) is 0.538. The highest BCUT2D eigenvalue weighted by atomic mass is 14.7. The highest BCUT2D eigenvalue weighted by Gasteiger charge is 2.63. The summed E-state index contributed by atoms with van der Waals surface area (Å²) >= 11 is 0. The van der Waals surface area contributed by atoms with Crippen LogP contribution in [0.25, 0.3) is 0 Å². The summed E-state index contributed by atoms with van der Waals surface area (Å²) in [5.74, 6) is 2.15. The van der Waals surface area contributed by atoms with Gasteiger partial charge >= 0.3 is 0 Å². The molecule has 0 radical (unpaired) electrons. The van der Waals surface area contributed by atoms with E-state index in [1.54, 1.807) is 6.42 Å². The van der Waals surface area contributed by atoms with Crippen LogP contribution in [0.4, 0.5) is 0 Å². The molecule has 0 aliphatic heterocycles. The highest BCUT2D eigenvalue weighted by molar-refractivity contribution is 5.13. The molecule has 0 unspecified atom stereocenters. The monoisotopic (exact) mass is 192 g/mol. The van der Waals surface area contributed by atoms with Gasteiger partial charge in [-0.05, 0) is 60.2 Å². The van der Waals surface area contributed by atoms with Crippen molar-refractivity contribution in [3.63, 3.8) is 0 Å². The zero-order valence-corrected chi connectivity index (χ0v) is 10.2. The fourth-order valence-corrected chi connectivity index (χ4v) is 5.41. The molecule has 0 saturated heterocycles. The Balaban J connectivity index is 2.10. The van der Waals surface area contributed by atoms with Crippen molar-refractivity contribution in [3.05, 3.63) is 0 Å². The van der Waals surface area contributed by atoms with E-state index in [9.17, 15) is 0 Å². The first kappa shape index (κ1) is 9.24. The summed E-state index contributed by atoms with van der Waals surface area (Å²) in [7, 11) is 0. The Kier molecular flexibility index (Phi) is 1.47. The lowest BCUT2D eigenvalue weighted by Crippen LogP contribution is -2.61. The summed E-state index contributed by atoms with van der Waals surface area (Å²) in [6.07, 6.45) is 7.64. The minimum absolute atomic E-state index is 0.577. The van der Waals surface area contributed by atoms with Gasteiger partial charge in [0.1, 0.15) is 0 Å². The molecule has 4 aliphatic carbocycles. The minimum Gasteiger partial charge on any atom is -0.0591 e. The molecule has 14 heavy (non-hydrogen) atoms. The first-order valence-corrected chi connectivity index (χ1v) is 6.36. The molecular formula is C14H24. The summed E-state index contributed by atoms with van der Waals surface area (Å²) in [5.41, 5.74) is 1.89. The molecule has 0 aromatic rings. The summed E-state index contributed by atoms with van der Waals surface area (Å²) in [4.78, 5) is 0. The maximum atomic E-state index is 2.57. The van der Waals surface area contributed by atoms with Crippen molar-refractivity contribution in [2.75, 3.05) is 0 Å². The average molecular weight is 192 g/mol. The SMILES string of the molecule is CC12CC3CC(C1)CC(C)(C3)C2(C)C. The topological polar surface area (TPSA) is 0 Å². The standard InChI is InChI=1S/C14H24/c1-12(2)13(3)6-10-5-11(7-13)9-14(12,4)8-10/h10-11H,5-9H2,1-4H3. The van der Waals surface area contributed by atoms with Crippen LogP contribution in [0.15, 0.2) is 0 Å². The molecule has 4 bridgehead atoms. The Hall–Kier alpha value is 0. The lowest BCUT2D eigenvalue weighted by molar-refractivity contribution is -0.201. The molecule has 0 spiro atoms. The lowest BCUT2D eigenvalue weighted by atomic mass is 9.35. The van der Waals surface area contributed by atoms with Gasteiger partial charge in [0.15, 0.2) is 0 Å². The normalized spacial score (nSPS) is 59.1. The van der Waals surface area contributed by atoms with Crippen molar-refractivity contribution in [3.8, 4) is 0 Å². The van der Waals surface area contributed by atoms with Gasteiger partial charge in [-0.15, -0.1) is 0 Å². The van der Waals surface area contributed by atoms with Gasteiger partial charge in [-0.2, -0.15) is 0 Å². The molecule has 0 aromatic heterocycles. The molecule has 4 rings (SSSR count). The molecule has 0 heteroatoms. The lowest BCUT2D eigenvalue weighted by Gasteiger charge is -2.70. The Morgan fingerprint density at radius 3 is 1.43 bits per heavy atom. The third kappa shape index (κ3) is 0.823. The second-order valence-corrected chi connectivity index (χ2v) is 7.53. The van der Waals surface area contributed by atoms with E-state index in [1.165, 1.54) is 25.7 Å². The molecule has 0 atom stereocenters. The van der Waals surface area contributed by atoms with Crippen LogP contribution in [0.2, 0.25) is 0 Å². The first-order valence-electron chi connectivity index (χ1n) is 6.36. The van der Waals surface area contributed by atoms with Crippen LogP contribution < -0.4 is 0 Å². The van der Waals surface area contributed by atoms with Crippen LogP contribution in [0.1, 0.15) is 59.8 Å². The van der Waals surface area contributed by atoms with Crippen molar-refractivity contribution in [2.45, 2.75) is 59.8 Å². The fraction of sp³-hybridized carbons (Fsp3) is 1.00. The third-order valence-corrected chi connectivity index (χ3v) is 6.64. The van der Waals surface area contributed by atoms with Crippen molar-refractivity contribution in [1.29, 1.82) is 0 Å². The third-order valence-electron chi connectivity index (χ3n) is 6.64. The predicted molar refractivity (Wildman–Crippen MR) is 60.1 cm³/mol. The van der Waals surface area contributed by atoms with Crippen molar-refractivity contribution in [2.24, 2.45) is 28.1 Å². The second-order valence-electron chi connectivity index (χ2n) is 7.53. The van der Waals surface area contributed by atoms with Gasteiger partial charge in [0.25, 0.3) is 0 Å². The van der Waals surface area contributed by atoms with Crippen LogP contribution >= 0.6 is 0 Å². The number of hydrogen-bond donors (Lipinski definition) is 0. The largest absolute Gasteiger partial charge is 0.0591 e. The highest BCUT2D eigenvalue weighted by Crippen LogP contribution is 2.73. The first-order chi connectivity index (χ1) is 6.36. The Morgan fingerprint density at radius 2 is 1.07 bits per heavy atom. The van der Waals surface area contributed by atoms with Gasteiger partial charge in [-0.1, -0.05) is 27.7 Å². The van der Waals surface area contributed by atoms with Gasteiger partial charge in [-0.25, -0.2) is 0 Å². The molecule has 0 amide bonds. The predicted octanol–water partition coefficient (Wildman–Crippen LogP) is 4.25. The van der Waals surface area contributed by atoms with Crippen LogP contribution in [-0.4, -0.2) is 0 Å². The van der Waals surface area contributed by atoms with Crippen LogP contribution in [0.3, 0.4) is 0 Å². The molecule has 4 aliphatic rings. The Morgan fingerprint density at radius 1 is 0.714 bits per heavy atom. The summed E-state index contributed by atoms with van der Waals surface area (Å²) in [6, 6.07) is 0. The summed E-state index contributed by atoms with van der Waals surface area (Å²) < 4.78 is 0. The maximum Gasteiger partial charge on any atom is -0.0246 e. The van der Waals surface area contributed by atoms with E-state index in [4.69, 9.17) is 0 Å². The zero-order valence-electron chi connectivity index (χ0n) is 10.2. The Bertz CT molecular complexity index is 236. The average Bonchev–Trinajstić information content (AvgIpc) is 1.98. The Labute approximate surface area is 88.5 Å². The van der Waals surface area contributed by atoms with Gasteiger partial charge in [0.2, 0.25) is 0 Å². The van der Waals surface area contributed by atoms with Gasteiger partial charge in [0.05, 0.1) is 0 Å². The molecule has 4 fully saturated rings. The molecule has 0 N–H and O–H groups in total. The summed E-state index contributed by atoms with van der Waals surface area (Å²) in [6.45, 7) is 10.2. The van der Waals surface area contributed by atoms with E-state index in [-0.39, 0.29) is 0 Å². The zero-order chi connectivity index (χ0) is 10.2. The van der Waals surface area contributed by atoms with E-state index in [0.717, 1.165) is 11.8 Å². The maximum absolute atomic E-state index is 2.57. The molecule has 80 valence electrons. The van der Waals surface area contributed by atoms with Gasteiger partial charge < -0.3 is 0 Å². The number of hydrogen-bond acceptors (Lipinski definition) is 0. The fourth-order valence-electron chi connectivity index (χ4n) is 5.41.